The zero-order valence-electron chi connectivity index (χ0n) is 14.0. The highest BCUT2D eigenvalue weighted by Crippen LogP contribution is 2.25. The topological polar surface area (TPSA) is 72.6 Å². The number of carbonyl (C=O) groups excluding carboxylic acids is 1. The number of likely N-dealkylation sites (tertiary alicyclic amines) is 1. The van der Waals surface area contributed by atoms with E-state index in [1.54, 1.807) is 23.3 Å². The van der Waals surface area contributed by atoms with E-state index in [2.05, 4.69) is 4.98 Å². The molecule has 7 heteroatoms. The van der Waals surface area contributed by atoms with E-state index < -0.39 is 5.63 Å². The minimum absolute atomic E-state index is 0.105. The van der Waals surface area contributed by atoms with Gasteiger partial charge in [0, 0.05) is 17.0 Å². The van der Waals surface area contributed by atoms with Crippen molar-refractivity contribution in [2.24, 2.45) is 0 Å². The average molecular weight is 368 g/mol. The standard InChI is InChI=1S/C19H16N2O4S/c1-12-7-14(8-17(22)24-12)25-15-9-21(10-15)19(23)16-11-26-18(20-16)13-5-3-2-4-6-13/h2-8,11,15H,9-10H2,1H3. The molecule has 3 heterocycles. The van der Waals surface area contributed by atoms with Crippen LogP contribution in [0.5, 0.6) is 5.75 Å². The molecule has 0 atom stereocenters. The first-order valence-corrected chi connectivity index (χ1v) is 9.05. The van der Waals surface area contributed by atoms with Gasteiger partial charge >= 0.3 is 5.63 Å². The molecule has 1 aliphatic rings. The van der Waals surface area contributed by atoms with E-state index in [1.807, 2.05) is 30.3 Å². The lowest BCUT2D eigenvalue weighted by Crippen LogP contribution is -2.56. The molecule has 1 fully saturated rings. The van der Waals surface area contributed by atoms with Crippen molar-refractivity contribution in [2.45, 2.75) is 13.0 Å². The number of aromatic nitrogens is 1. The third-order valence-corrected chi connectivity index (χ3v) is 4.94. The van der Waals surface area contributed by atoms with Gasteiger partial charge in [0.05, 0.1) is 19.2 Å². The summed E-state index contributed by atoms with van der Waals surface area (Å²) in [6, 6.07) is 12.8. The average Bonchev–Trinajstić information content (AvgIpc) is 3.07. The van der Waals surface area contributed by atoms with Gasteiger partial charge < -0.3 is 14.1 Å². The van der Waals surface area contributed by atoms with Gasteiger partial charge in [-0.15, -0.1) is 11.3 Å². The lowest BCUT2D eigenvalue weighted by molar-refractivity contribution is 0.0171. The Kier molecular flexibility index (Phi) is 4.30. The minimum Gasteiger partial charge on any atom is -0.486 e. The summed E-state index contributed by atoms with van der Waals surface area (Å²) in [6.07, 6.45) is -0.132. The van der Waals surface area contributed by atoms with Crippen molar-refractivity contribution in [3.8, 4) is 16.3 Å². The van der Waals surface area contributed by atoms with Crippen molar-refractivity contribution < 1.29 is 13.9 Å². The number of nitrogens with zero attached hydrogens (tertiary/aromatic N) is 2. The maximum atomic E-state index is 12.5. The van der Waals surface area contributed by atoms with Gasteiger partial charge in [-0.2, -0.15) is 0 Å². The van der Waals surface area contributed by atoms with Crippen LogP contribution >= 0.6 is 11.3 Å². The molecule has 132 valence electrons. The van der Waals surface area contributed by atoms with E-state index in [1.165, 1.54) is 17.4 Å². The molecular formula is C19H16N2O4S. The maximum absolute atomic E-state index is 12.5. The van der Waals surface area contributed by atoms with Gasteiger partial charge in [0.1, 0.15) is 28.3 Å². The summed E-state index contributed by atoms with van der Waals surface area (Å²) in [5, 5.41) is 2.61. The van der Waals surface area contributed by atoms with Crippen molar-refractivity contribution in [3.05, 3.63) is 69.7 Å². The highest BCUT2D eigenvalue weighted by atomic mass is 32.1. The molecule has 0 spiro atoms. The molecule has 6 nitrogen and oxygen atoms in total. The van der Waals surface area contributed by atoms with E-state index in [9.17, 15) is 9.59 Å². The quantitative estimate of drug-likeness (QED) is 0.708. The molecule has 0 unspecified atom stereocenters. The van der Waals surface area contributed by atoms with Crippen LogP contribution in [0, 0.1) is 6.92 Å². The van der Waals surface area contributed by atoms with Crippen LogP contribution < -0.4 is 10.4 Å². The number of rotatable bonds is 4. The van der Waals surface area contributed by atoms with Gasteiger partial charge in [-0.3, -0.25) is 4.79 Å². The lowest BCUT2D eigenvalue weighted by Gasteiger charge is -2.38. The predicted molar refractivity (Wildman–Crippen MR) is 97.6 cm³/mol. The van der Waals surface area contributed by atoms with Gasteiger partial charge in [0.15, 0.2) is 0 Å². The number of hydrogen-bond donors (Lipinski definition) is 0. The Balaban J connectivity index is 1.38. The maximum Gasteiger partial charge on any atom is 0.339 e. The minimum atomic E-state index is -0.442. The second-order valence-corrected chi connectivity index (χ2v) is 6.93. The largest absolute Gasteiger partial charge is 0.486 e. The summed E-state index contributed by atoms with van der Waals surface area (Å²) in [7, 11) is 0. The number of hydrogen-bond acceptors (Lipinski definition) is 6. The molecule has 1 aliphatic heterocycles. The van der Waals surface area contributed by atoms with Crippen LogP contribution in [0.2, 0.25) is 0 Å². The summed E-state index contributed by atoms with van der Waals surface area (Å²) < 4.78 is 10.6. The fourth-order valence-electron chi connectivity index (χ4n) is 2.76. The molecule has 0 saturated carbocycles. The third-order valence-electron chi connectivity index (χ3n) is 4.05. The molecule has 0 aliphatic carbocycles. The first-order valence-electron chi connectivity index (χ1n) is 8.17. The Morgan fingerprint density at radius 3 is 2.77 bits per heavy atom. The summed E-state index contributed by atoms with van der Waals surface area (Å²) >= 11 is 1.45. The van der Waals surface area contributed by atoms with Crippen LogP contribution in [-0.2, 0) is 0 Å². The molecule has 4 rings (SSSR count). The molecule has 2 aromatic heterocycles. The number of carbonyl (C=O) groups is 1. The Labute approximate surface area is 153 Å². The fourth-order valence-corrected chi connectivity index (χ4v) is 3.56. The molecule has 1 aromatic carbocycles. The summed E-state index contributed by atoms with van der Waals surface area (Å²) in [4.78, 5) is 30.0. The predicted octanol–water partition coefficient (Wildman–Crippen LogP) is 2.98. The van der Waals surface area contributed by atoms with Crippen LogP contribution in [0.25, 0.3) is 10.6 Å². The molecule has 1 saturated heterocycles. The first kappa shape index (κ1) is 16.5. The van der Waals surface area contributed by atoms with Crippen molar-refractivity contribution >= 4 is 17.2 Å². The Bertz CT molecular complexity index is 990. The van der Waals surface area contributed by atoms with Crippen LogP contribution in [0.1, 0.15) is 16.2 Å². The van der Waals surface area contributed by atoms with Gasteiger partial charge in [-0.25, -0.2) is 9.78 Å². The van der Waals surface area contributed by atoms with Crippen molar-refractivity contribution in [3.63, 3.8) is 0 Å². The fraction of sp³-hybridized carbons (Fsp3) is 0.211. The number of aryl methyl sites for hydroxylation is 1. The van der Waals surface area contributed by atoms with E-state index >= 15 is 0 Å². The van der Waals surface area contributed by atoms with Gasteiger partial charge in [-0.05, 0) is 6.92 Å². The zero-order valence-corrected chi connectivity index (χ0v) is 14.9. The highest BCUT2D eigenvalue weighted by molar-refractivity contribution is 7.13. The van der Waals surface area contributed by atoms with Gasteiger partial charge in [0.2, 0.25) is 0 Å². The second kappa shape index (κ2) is 6.76. The number of thiazole rings is 1. The summed E-state index contributed by atoms with van der Waals surface area (Å²) in [5.41, 5.74) is 1.01. The lowest BCUT2D eigenvalue weighted by atomic mass is 10.1. The number of ether oxygens (including phenoxy) is 1. The Hall–Kier alpha value is -2.93. The monoisotopic (exact) mass is 368 g/mol. The molecule has 0 N–H and O–H groups in total. The molecule has 0 radical (unpaired) electrons. The van der Waals surface area contributed by atoms with E-state index in [0.29, 0.717) is 30.3 Å². The summed E-state index contributed by atoms with van der Waals surface area (Å²) in [5.74, 6) is 0.860. The van der Waals surface area contributed by atoms with E-state index in [4.69, 9.17) is 9.15 Å². The van der Waals surface area contributed by atoms with Crippen LogP contribution in [0.3, 0.4) is 0 Å². The van der Waals surface area contributed by atoms with Crippen LogP contribution in [0.15, 0.2) is 57.1 Å². The molecule has 26 heavy (non-hydrogen) atoms. The summed E-state index contributed by atoms with van der Waals surface area (Å²) in [6.45, 7) is 2.63. The SMILES string of the molecule is Cc1cc(OC2CN(C(=O)c3csc(-c4ccccc4)n3)C2)cc(=O)o1. The molecule has 3 aromatic rings. The van der Waals surface area contributed by atoms with Crippen molar-refractivity contribution in [2.75, 3.05) is 13.1 Å². The van der Waals surface area contributed by atoms with Crippen molar-refractivity contribution in [1.29, 1.82) is 0 Å². The van der Waals surface area contributed by atoms with Crippen molar-refractivity contribution in [1.82, 2.24) is 9.88 Å². The van der Waals surface area contributed by atoms with Gasteiger partial charge in [-0.1, -0.05) is 30.3 Å². The van der Waals surface area contributed by atoms with E-state index in [0.717, 1.165) is 10.6 Å². The third kappa shape index (κ3) is 3.39. The van der Waals surface area contributed by atoms with E-state index in [-0.39, 0.29) is 12.0 Å². The molecule has 0 bridgehead atoms. The molecule has 1 amide bonds. The van der Waals surface area contributed by atoms with Gasteiger partial charge in [0.25, 0.3) is 5.91 Å². The first-order chi connectivity index (χ1) is 12.6. The number of amides is 1. The number of benzene rings is 1. The second-order valence-electron chi connectivity index (χ2n) is 6.08. The van der Waals surface area contributed by atoms with Crippen LogP contribution in [-0.4, -0.2) is 35.0 Å². The normalized spacial score (nSPS) is 14.1. The van der Waals surface area contributed by atoms with Crippen LogP contribution in [0.4, 0.5) is 0 Å². The Morgan fingerprint density at radius 1 is 1.27 bits per heavy atom. The smallest absolute Gasteiger partial charge is 0.339 e. The highest BCUT2D eigenvalue weighted by Gasteiger charge is 2.34. The molecular weight excluding hydrogens is 352 g/mol. The zero-order chi connectivity index (χ0) is 18.1. The Morgan fingerprint density at radius 2 is 2.04 bits per heavy atom.